The number of hydrogen-bond acceptors (Lipinski definition) is 4. The van der Waals surface area contributed by atoms with Crippen LogP contribution < -0.4 is 10.6 Å². The summed E-state index contributed by atoms with van der Waals surface area (Å²) in [4.78, 5) is 13.2. The molecule has 88 valence electrons. The summed E-state index contributed by atoms with van der Waals surface area (Å²) in [6.45, 7) is 3.46. The van der Waals surface area contributed by atoms with Crippen LogP contribution in [0.5, 0.6) is 0 Å². The van der Waals surface area contributed by atoms with Crippen molar-refractivity contribution in [2.75, 3.05) is 24.3 Å². The van der Waals surface area contributed by atoms with E-state index in [0.717, 1.165) is 5.69 Å². The van der Waals surface area contributed by atoms with Crippen molar-refractivity contribution < 1.29 is 9.90 Å². The summed E-state index contributed by atoms with van der Waals surface area (Å²) in [5.41, 5.74) is 7.60. The molecule has 1 unspecified atom stereocenters. The second-order valence-electron chi connectivity index (χ2n) is 3.97. The van der Waals surface area contributed by atoms with Gasteiger partial charge in [0, 0.05) is 30.0 Å². The van der Waals surface area contributed by atoms with Crippen LogP contribution in [-0.2, 0) is 0 Å². The van der Waals surface area contributed by atoms with Crippen LogP contribution in [0.2, 0.25) is 0 Å². The quantitative estimate of drug-likeness (QED) is 0.595. The number of aliphatic hydroxyl groups is 1. The van der Waals surface area contributed by atoms with Crippen molar-refractivity contribution in [2.24, 2.45) is 0 Å². The molecule has 0 aliphatic heterocycles. The third kappa shape index (κ3) is 2.52. The van der Waals surface area contributed by atoms with Gasteiger partial charge in [0.25, 0.3) is 0 Å². The largest absolute Gasteiger partial charge is 0.398 e. The molecule has 0 radical (unpaired) electrons. The minimum atomic E-state index is -0.0515. The van der Waals surface area contributed by atoms with E-state index in [-0.39, 0.29) is 18.4 Å². The fourth-order valence-corrected chi connectivity index (χ4v) is 1.45. The van der Waals surface area contributed by atoms with Crippen molar-refractivity contribution in [1.82, 2.24) is 0 Å². The van der Waals surface area contributed by atoms with Gasteiger partial charge in [0.05, 0.1) is 6.61 Å². The molecule has 1 aromatic rings. The number of nitrogen functional groups attached to an aromatic ring is 1. The third-order valence-electron chi connectivity index (χ3n) is 2.75. The Morgan fingerprint density at radius 1 is 1.56 bits per heavy atom. The number of carbonyl (C=O) groups is 1. The number of rotatable bonds is 4. The molecule has 0 aliphatic rings. The topological polar surface area (TPSA) is 66.6 Å². The number of aliphatic hydroxyl groups excluding tert-OH is 1. The molecular formula is C12H18N2O2. The number of hydrogen-bond donors (Lipinski definition) is 2. The van der Waals surface area contributed by atoms with E-state index in [4.69, 9.17) is 10.8 Å². The third-order valence-corrected chi connectivity index (χ3v) is 2.75. The molecule has 4 heteroatoms. The number of anilines is 2. The van der Waals surface area contributed by atoms with Gasteiger partial charge in [-0.25, -0.2) is 0 Å². The maximum Gasteiger partial charge on any atom is 0.161 e. The Morgan fingerprint density at radius 2 is 2.19 bits per heavy atom. The second kappa shape index (κ2) is 4.99. The number of benzene rings is 1. The van der Waals surface area contributed by atoms with Crippen molar-refractivity contribution in [3.05, 3.63) is 23.8 Å². The number of Topliss-reactive ketones (excluding diaryl/α,β-unsaturated/α-hetero) is 1. The highest BCUT2D eigenvalue weighted by Gasteiger charge is 2.12. The average Bonchev–Trinajstić information content (AvgIpc) is 2.27. The normalized spacial score (nSPS) is 12.2. The molecule has 0 bridgehead atoms. The molecule has 0 saturated heterocycles. The Balaban J connectivity index is 3.07. The van der Waals surface area contributed by atoms with Crippen LogP contribution in [0.25, 0.3) is 0 Å². The smallest absolute Gasteiger partial charge is 0.161 e. The fraction of sp³-hybridized carbons (Fsp3) is 0.417. The van der Waals surface area contributed by atoms with E-state index < -0.39 is 0 Å². The first kappa shape index (κ1) is 12.5. The Hall–Kier alpha value is -1.55. The first-order valence-electron chi connectivity index (χ1n) is 5.21. The number of nitrogens with zero attached hydrogens (tertiary/aromatic N) is 1. The molecule has 0 saturated carbocycles. The molecule has 1 rings (SSSR count). The first-order valence-corrected chi connectivity index (χ1v) is 5.21. The maximum absolute atomic E-state index is 11.3. The molecule has 0 aromatic heterocycles. The predicted molar refractivity (Wildman–Crippen MR) is 65.8 cm³/mol. The summed E-state index contributed by atoms with van der Waals surface area (Å²) >= 11 is 0. The molecule has 16 heavy (non-hydrogen) atoms. The molecule has 4 nitrogen and oxygen atoms in total. The average molecular weight is 222 g/mol. The molecule has 0 spiro atoms. The Bertz CT molecular complexity index is 391. The van der Waals surface area contributed by atoms with Crippen LogP contribution in [0.4, 0.5) is 11.4 Å². The molecule has 3 N–H and O–H groups in total. The Kier molecular flexibility index (Phi) is 3.90. The van der Waals surface area contributed by atoms with Gasteiger partial charge in [-0.1, -0.05) is 0 Å². The van der Waals surface area contributed by atoms with Crippen molar-refractivity contribution in [3.8, 4) is 0 Å². The molecule has 0 amide bonds. The number of carbonyl (C=O) groups excluding carboxylic acids is 1. The van der Waals surface area contributed by atoms with Crippen LogP contribution in [-0.4, -0.2) is 30.6 Å². The van der Waals surface area contributed by atoms with Gasteiger partial charge >= 0.3 is 0 Å². The molecule has 1 aromatic carbocycles. The second-order valence-corrected chi connectivity index (χ2v) is 3.97. The lowest BCUT2D eigenvalue weighted by atomic mass is 10.1. The molecule has 0 aliphatic carbocycles. The highest BCUT2D eigenvalue weighted by Crippen LogP contribution is 2.22. The minimum Gasteiger partial charge on any atom is -0.398 e. The van der Waals surface area contributed by atoms with Crippen LogP contribution in [0.1, 0.15) is 24.2 Å². The van der Waals surface area contributed by atoms with Gasteiger partial charge in [0.1, 0.15) is 0 Å². The fourth-order valence-electron chi connectivity index (χ4n) is 1.45. The molecule has 0 fully saturated rings. The molecule has 1 atom stereocenters. The van der Waals surface area contributed by atoms with Gasteiger partial charge in [-0.05, 0) is 32.0 Å². The van der Waals surface area contributed by atoms with E-state index >= 15 is 0 Å². The Morgan fingerprint density at radius 3 is 2.69 bits per heavy atom. The zero-order valence-corrected chi connectivity index (χ0v) is 9.90. The summed E-state index contributed by atoms with van der Waals surface area (Å²) in [6.07, 6.45) is 0. The van der Waals surface area contributed by atoms with Gasteiger partial charge in [-0.3, -0.25) is 4.79 Å². The number of nitrogens with two attached hydrogens (primary N) is 1. The van der Waals surface area contributed by atoms with E-state index in [1.165, 1.54) is 6.92 Å². The number of likely N-dealkylation sites (N-methyl/N-ethyl adjacent to an activating group) is 1. The van der Waals surface area contributed by atoms with Crippen LogP contribution in [0, 0.1) is 0 Å². The first-order chi connectivity index (χ1) is 7.47. The zero-order chi connectivity index (χ0) is 12.3. The summed E-state index contributed by atoms with van der Waals surface area (Å²) in [7, 11) is 1.87. The summed E-state index contributed by atoms with van der Waals surface area (Å²) < 4.78 is 0. The maximum atomic E-state index is 11.3. The highest BCUT2D eigenvalue weighted by atomic mass is 16.3. The molecule has 0 heterocycles. The monoisotopic (exact) mass is 222 g/mol. The van der Waals surface area contributed by atoms with Gasteiger partial charge in [-0.15, -0.1) is 0 Å². The summed E-state index contributed by atoms with van der Waals surface area (Å²) in [6, 6.07) is 5.31. The van der Waals surface area contributed by atoms with E-state index in [9.17, 15) is 4.79 Å². The summed E-state index contributed by atoms with van der Waals surface area (Å²) in [5, 5.41) is 9.07. The van der Waals surface area contributed by atoms with Gasteiger partial charge < -0.3 is 15.7 Å². The van der Waals surface area contributed by atoms with E-state index in [0.29, 0.717) is 11.3 Å². The van der Waals surface area contributed by atoms with Crippen molar-refractivity contribution in [1.29, 1.82) is 0 Å². The van der Waals surface area contributed by atoms with E-state index in [1.54, 1.807) is 12.1 Å². The zero-order valence-electron chi connectivity index (χ0n) is 9.90. The lowest BCUT2D eigenvalue weighted by Gasteiger charge is -2.26. The van der Waals surface area contributed by atoms with Crippen molar-refractivity contribution in [3.63, 3.8) is 0 Å². The highest BCUT2D eigenvalue weighted by molar-refractivity contribution is 6.00. The van der Waals surface area contributed by atoms with Crippen molar-refractivity contribution in [2.45, 2.75) is 19.9 Å². The predicted octanol–water partition coefficient (Wildman–Crippen LogP) is 1.29. The van der Waals surface area contributed by atoms with Crippen LogP contribution >= 0.6 is 0 Å². The summed E-state index contributed by atoms with van der Waals surface area (Å²) in [5.74, 6) is -0.0515. The van der Waals surface area contributed by atoms with Crippen LogP contribution in [0.15, 0.2) is 18.2 Å². The Labute approximate surface area is 95.7 Å². The van der Waals surface area contributed by atoms with Crippen molar-refractivity contribution >= 4 is 17.2 Å². The lowest BCUT2D eigenvalue weighted by molar-refractivity contribution is 0.101. The molecular weight excluding hydrogens is 204 g/mol. The van der Waals surface area contributed by atoms with Gasteiger partial charge in [0.2, 0.25) is 0 Å². The van der Waals surface area contributed by atoms with E-state index in [1.807, 2.05) is 24.9 Å². The van der Waals surface area contributed by atoms with E-state index in [2.05, 4.69) is 0 Å². The lowest BCUT2D eigenvalue weighted by Crippen LogP contribution is -2.31. The van der Waals surface area contributed by atoms with Gasteiger partial charge in [0.15, 0.2) is 5.78 Å². The SMILES string of the molecule is CC(=O)c1cc(N(C)C(C)CO)ccc1N. The van der Waals surface area contributed by atoms with Crippen LogP contribution in [0.3, 0.4) is 0 Å². The standard InChI is InChI=1S/C12H18N2O2/c1-8(7-15)14(3)10-4-5-12(13)11(6-10)9(2)16/h4-6,8,15H,7,13H2,1-3H3. The number of ketones is 1. The van der Waals surface area contributed by atoms with Gasteiger partial charge in [-0.2, -0.15) is 0 Å². The minimum absolute atomic E-state index is 0.00318.